The molecule has 2 heteroatoms. The van der Waals surface area contributed by atoms with Gasteiger partial charge in [0.05, 0.1) is 6.04 Å². The summed E-state index contributed by atoms with van der Waals surface area (Å²) in [4.78, 5) is 13.4. The molecule has 0 unspecified atom stereocenters. The van der Waals surface area contributed by atoms with E-state index in [9.17, 15) is 4.79 Å². The number of carbonyl (C=O) groups excluding carboxylic acids is 1. The smallest absolute Gasteiger partial charge is 0.153 e. The minimum atomic E-state index is 0.147. The fourth-order valence-corrected chi connectivity index (χ4v) is 1.71. The summed E-state index contributed by atoms with van der Waals surface area (Å²) >= 11 is 0. The van der Waals surface area contributed by atoms with Crippen molar-refractivity contribution in [1.29, 1.82) is 0 Å². The fraction of sp³-hybridized carbons (Fsp3) is 0.625. The molecule has 0 bridgehead atoms. The van der Waals surface area contributed by atoms with Gasteiger partial charge in [-0.2, -0.15) is 0 Å². The van der Waals surface area contributed by atoms with E-state index in [-0.39, 0.29) is 6.04 Å². The Morgan fingerprint density at radius 1 is 1.60 bits per heavy atom. The lowest BCUT2D eigenvalue weighted by molar-refractivity contribution is -0.124. The van der Waals surface area contributed by atoms with E-state index in [1.165, 1.54) is 0 Å². The second kappa shape index (κ2) is 2.20. The van der Waals surface area contributed by atoms with Gasteiger partial charge in [0.25, 0.3) is 0 Å². The maximum absolute atomic E-state index is 11.2. The van der Waals surface area contributed by atoms with Gasteiger partial charge in [-0.1, -0.05) is 12.2 Å². The molecule has 0 aromatic carbocycles. The highest BCUT2D eigenvalue weighted by atomic mass is 16.1. The molecule has 2 rings (SSSR count). The molecule has 1 atom stereocenters. The summed E-state index contributed by atoms with van der Waals surface area (Å²) in [5.74, 6) is 0.403. The summed E-state index contributed by atoms with van der Waals surface area (Å²) in [5, 5.41) is 0. The van der Waals surface area contributed by atoms with E-state index in [1.807, 2.05) is 6.08 Å². The lowest BCUT2D eigenvalue weighted by Gasteiger charge is -2.27. The van der Waals surface area contributed by atoms with Crippen molar-refractivity contribution < 1.29 is 4.79 Å². The Kier molecular flexibility index (Phi) is 1.34. The third-order valence-electron chi connectivity index (χ3n) is 2.25. The predicted octanol–water partition coefficient (Wildman–Crippen LogP) is 0.590. The molecule has 0 N–H and O–H groups in total. The van der Waals surface area contributed by atoms with Crippen LogP contribution in [0.4, 0.5) is 0 Å². The van der Waals surface area contributed by atoms with E-state index in [4.69, 9.17) is 0 Å². The Morgan fingerprint density at radius 2 is 2.50 bits per heavy atom. The van der Waals surface area contributed by atoms with Crippen molar-refractivity contribution in [3.05, 3.63) is 12.2 Å². The number of Topliss-reactive ketones (excluding diaryl/α,β-unsaturated/α-hetero) is 1. The quantitative estimate of drug-likeness (QED) is 0.455. The lowest BCUT2D eigenvalue weighted by Crippen LogP contribution is -2.41. The average Bonchev–Trinajstić information content (AvgIpc) is 2.36. The number of hydrogen-bond acceptors (Lipinski definition) is 2. The van der Waals surface area contributed by atoms with Crippen LogP contribution in [0.5, 0.6) is 0 Å². The van der Waals surface area contributed by atoms with Crippen molar-refractivity contribution in [1.82, 2.24) is 4.90 Å². The SMILES string of the molecule is O=C1CCCN2CC=C[C@@H]12. The molecule has 0 aromatic rings. The van der Waals surface area contributed by atoms with E-state index in [0.29, 0.717) is 5.78 Å². The number of piperidine rings is 1. The first-order chi connectivity index (χ1) is 4.88. The highest BCUT2D eigenvalue weighted by Gasteiger charge is 2.29. The van der Waals surface area contributed by atoms with E-state index < -0.39 is 0 Å². The fourth-order valence-electron chi connectivity index (χ4n) is 1.71. The van der Waals surface area contributed by atoms with E-state index in [2.05, 4.69) is 11.0 Å². The largest absolute Gasteiger partial charge is 0.298 e. The topological polar surface area (TPSA) is 20.3 Å². The molecule has 0 saturated carbocycles. The Labute approximate surface area is 60.5 Å². The molecule has 2 nitrogen and oxygen atoms in total. The van der Waals surface area contributed by atoms with Crippen LogP contribution in [0.25, 0.3) is 0 Å². The number of fused-ring (bicyclic) bond motifs is 1. The van der Waals surface area contributed by atoms with Gasteiger partial charge < -0.3 is 0 Å². The van der Waals surface area contributed by atoms with Crippen molar-refractivity contribution >= 4 is 5.78 Å². The van der Waals surface area contributed by atoms with Crippen LogP contribution in [0.1, 0.15) is 12.8 Å². The van der Waals surface area contributed by atoms with Crippen molar-refractivity contribution in [2.45, 2.75) is 18.9 Å². The van der Waals surface area contributed by atoms with Crippen LogP contribution in [-0.2, 0) is 4.79 Å². The summed E-state index contributed by atoms with van der Waals surface area (Å²) in [6.45, 7) is 2.08. The van der Waals surface area contributed by atoms with Crippen molar-refractivity contribution in [3.8, 4) is 0 Å². The van der Waals surface area contributed by atoms with Crippen molar-refractivity contribution in [3.63, 3.8) is 0 Å². The molecule has 10 heavy (non-hydrogen) atoms. The molecule has 0 spiro atoms. The molecule has 2 aliphatic rings. The molecular weight excluding hydrogens is 126 g/mol. The summed E-state index contributed by atoms with van der Waals surface area (Å²) in [5.41, 5.74) is 0. The Balaban J connectivity index is 2.16. The predicted molar refractivity (Wildman–Crippen MR) is 38.7 cm³/mol. The molecule has 1 saturated heterocycles. The lowest BCUT2D eigenvalue weighted by atomic mass is 10.0. The first-order valence-electron chi connectivity index (χ1n) is 3.81. The van der Waals surface area contributed by atoms with Crippen LogP contribution in [-0.4, -0.2) is 29.8 Å². The first kappa shape index (κ1) is 6.10. The van der Waals surface area contributed by atoms with Crippen molar-refractivity contribution in [2.24, 2.45) is 0 Å². The Morgan fingerprint density at radius 3 is 3.30 bits per heavy atom. The van der Waals surface area contributed by atoms with Gasteiger partial charge >= 0.3 is 0 Å². The molecule has 1 fully saturated rings. The van der Waals surface area contributed by atoms with Gasteiger partial charge in [-0.15, -0.1) is 0 Å². The average molecular weight is 137 g/mol. The number of carbonyl (C=O) groups is 1. The van der Waals surface area contributed by atoms with Crippen LogP contribution < -0.4 is 0 Å². The molecular formula is C8H11NO. The zero-order valence-electron chi connectivity index (χ0n) is 5.92. The van der Waals surface area contributed by atoms with Gasteiger partial charge in [0.2, 0.25) is 0 Å². The van der Waals surface area contributed by atoms with E-state index in [1.54, 1.807) is 0 Å². The normalized spacial score (nSPS) is 32.8. The zero-order valence-corrected chi connectivity index (χ0v) is 5.92. The first-order valence-corrected chi connectivity index (χ1v) is 3.81. The minimum absolute atomic E-state index is 0.147. The van der Waals surface area contributed by atoms with E-state index in [0.717, 1.165) is 25.9 Å². The number of nitrogens with zero attached hydrogens (tertiary/aromatic N) is 1. The summed E-state index contributed by atoms with van der Waals surface area (Å²) in [7, 11) is 0. The standard InChI is InChI=1S/C8H11NO/c10-8-4-2-6-9-5-1-3-7(8)9/h1,3,7H,2,4-6H2/t7-/m0/s1. The summed E-state index contributed by atoms with van der Waals surface area (Å²) in [6.07, 6.45) is 5.96. The number of rotatable bonds is 0. The molecule has 2 aliphatic heterocycles. The molecule has 0 radical (unpaired) electrons. The van der Waals surface area contributed by atoms with Crippen LogP contribution in [0.3, 0.4) is 0 Å². The van der Waals surface area contributed by atoms with Gasteiger partial charge in [-0.25, -0.2) is 0 Å². The molecule has 0 aromatic heterocycles. The molecule has 2 heterocycles. The number of hydrogen-bond donors (Lipinski definition) is 0. The van der Waals surface area contributed by atoms with Crippen molar-refractivity contribution in [2.75, 3.05) is 13.1 Å². The highest BCUT2D eigenvalue weighted by molar-refractivity contribution is 5.87. The minimum Gasteiger partial charge on any atom is -0.298 e. The third kappa shape index (κ3) is 0.797. The van der Waals surface area contributed by atoms with Crippen LogP contribution >= 0.6 is 0 Å². The van der Waals surface area contributed by atoms with Crippen LogP contribution in [0, 0.1) is 0 Å². The highest BCUT2D eigenvalue weighted by Crippen LogP contribution is 2.18. The monoisotopic (exact) mass is 137 g/mol. The maximum Gasteiger partial charge on any atom is 0.153 e. The summed E-state index contributed by atoms with van der Waals surface area (Å²) in [6, 6.07) is 0.147. The van der Waals surface area contributed by atoms with Gasteiger partial charge in [0.15, 0.2) is 5.78 Å². The zero-order chi connectivity index (χ0) is 6.97. The van der Waals surface area contributed by atoms with Gasteiger partial charge in [-0.05, 0) is 13.0 Å². The second-order valence-corrected chi connectivity index (χ2v) is 2.94. The third-order valence-corrected chi connectivity index (χ3v) is 2.25. The van der Waals surface area contributed by atoms with Crippen LogP contribution in [0.15, 0.2) is 12.2 Å². The Bertz CT molecular complexity index is 186. The van der Waals surface area contributed by atoms with Crippen LogP contribution in [0.2, 0.25) is 0 Å². The molecule has 0 amide bonds. The Hall–Kier alpha value is -0.630. The second-order valence-electron chi connectivity index (χ2n) is 2.94. The number of ketones is 1. The van der Waals surface area contributed by atoms with Gasteiger partial charge in [-0.3, -0.25) is 9.69 Å². The molecule has 54 valence electrons. The maximum atomic E-state index is 11.2. The van der Waals surface area contributed by atoms with Gasteiger partial charge in [0, 0.05) is 13.0 Å². The summed E-state index contributed by atoms with van der Waals surface area (Å²) < 4.78 is 0. The van der Waals surface area contributed by atoms with Gasteiger partial charge in [0.1, 0.15) is 0 Å². The van der Waals surface area contributed by atoms with E-state index >= 15 is 0 Å². The molecule has 0 aliphatic carbocycles.